The fraction of sp³-hybridized carbons (Fsp3) is 0.611. The van der Waals surface area contributed by atoms with Crippen LogP contribution in [0.25, 0.3) is 0 Å². The fourth-order valence-electron chi connectivity index (χ4n) is 3.26. The molecule has 2 rings (SSSR count). The topological polar surface area (TPSA) is 57.7 Å². The van der Waals surface area contributed by atoms with Crippen LogP contribution in [0.4, 0.5) is 5.69 Å². The number of rotatable bonds is 6. The smallest absolute Gasteiger partial charge is 0.232 e. The van der Waals surface area contributed by atoms with E-state index in [1.165, 1.54) is 17.0 Å². The largest absolute Gasteiger partial charge is 0.342 e. The fourth-order valence-corrected chi connectivity index (χ4v) is 4.45. The first-order valence-electron chi connectivity index (χ1n) is 8.70. The minimum absolute atomic E-state index is 0.114. The monoisotopic (exact) mass is 386 g/mol. The molecule has 0 spiro atoms. The minimum atomic E-state index is -3.44. The van der Waals surface area contributed by atoms with Crippen LogP contribution < -0.4 is 4.31 Å². The first-order chi connectivity index (χ1) is 11.7. The molecule has 0 radical (unpaired) electrons. The Kier molecular flexibility index (Phi) is 6.74. The third kappa shape index (κ3) is 5.61. The van der Waals surface area contributed by atoms with Crippen LogP contribution in [0.3, 0.4) is 0 Å². The Labute approximate surface area is 156 Å². The molecule has 140 valence electrons. The SMILES string of the molecule is Cc1ccc(Cl)cc1N(CCCC(=O)N1CCCC(C)C1)S(C)(=O)=O. The summed E-state index contributed by atoms with van der Waals surface area (Å²) in [6, 6.07) is 5.20. The number of carbonyl (C=O) groups excluding carboxylic acids is 1. The molecule has 1 atom stereocenters. The van der Waals surface area contributed by atoms with Gasteiger partial charge in [0.25, 0.3) is 0 Å². The highest BCUT2D eigenvalue weighted by Gasteiger charge is 2.23. The van der Waals surface area contributed by atoms with Gasteiger partial charge in [0.15, 0.2) is 0 Å². The van der Waals surface area contributed by atoms with E-state index in [0.29, 0.717) is 29.5 Å². The standard InChI is InChI=1S/C18H27ClN2O3S/c1-14-6-4-10-20(13-14)18(22)7-5-11-21(25(3,23)24)17-12-16(19)9-8-15(17)2/h8-9,12,14H,4-7,10-11,13H2,1-3H3. The molecule has 1 aliphatic heterocycles. The second kappa shape index (κ2) is 8.41. The van der Waals surface area contributed by atoms with E-state index in [2.05, 4.69) is 6.92 Å². The Bertz CT molecular complexity index is 721. The highest BCUT2D eigenvalue weighted by molar-refractivity contribution is 7.92. The average Bonchev–Trinajstić information content (AvgIpc) is 2.53. The molecule has 1 aromatic carbocycles. The van der Waals surface area contributed by atoms with Crippen LogP contribution >= 0.6 is 11.6 Å². The van der Waals surface area contributed by atoms with Crippen LogP contribution in [0, 0.1) is 12.8 Å². The van der Waals surface area contributed by atoms with Crippen molar-refractivity contribution in [3.8, 4) is 0 Å². The van der Waals surface area contributed by atoms with Gasteiger partial charge in [0.1, 0.15) is 0 Å². The molecule has 7 heteroatoms. The Hall–Kier alpha value is -1.27. The second-order valence-corrected chi connectivity index (χ2v) is 9.30. The molecule has 0 bridgehead atoms. The van der Waals surface area contributed by atoms with Crippen molar-refractivity contribution in [2.45, 2.75) is 39.5 Å². The number of anilines is 1. The molecule has 0 saturated carbocycles. The Balaban J connectivity index is 2.02. The van der Waals surface area contributed by atoms with Gasteiger partial charge < -0.3 is 4.90 Å². The van der Waals surface area contributed by atoms with Gasteiger partial charge in [-0.1, -0.05) is 24.6 Å². The molecule has 25 heavy (non-hydrogen) atoms. The lowest BCUT2D eigenvalue weighted by atomic mass is 10.00. The first-order valence-corrected chi connectivity index (χ1v) is 10.9. The van der Waals surface area contributed by atoms with Crippen molar-refractivity contribution >= 4 is 33.2 Å². The van der Waals surface area contributed by atoms with E-state index in [4.69, 9.17) is 11.6 Å². The summed E-state index contributed by atoms with van der Waals surface area (Å²) in [5.41, 5.74) is 1.42. The summed E-state index contributed by atoms with van der Waals surface area (Å²) < 4.78 is 25.8. The normalized spacial score (nSPS) is 18.2. The van der Waals surface area contributed by atoms with Crippen LogP contribution in [0.15, 0.2) is 18.2 Å². The molecule has 1 amide bonds. The zero-order valence-electron chi connectivity index (χ0n) is 15.2. The maximum Gasteiger partial charge on any atom is 0.232 e. The van der Waals surface area contributed by atoms with E-state index in [1.807, 2.05) is 11.8 Å². The van der Waals surface area contributed by atoms with Crippen molar-refractivity contribution in [1.29, 1.82) is 0 Å². The molecule has 1 heterocycles. The lowest BCUT2D eigenvalue weighted by molar-refractivity contribution is -0.132. The van der Waals surface area contributed by atoms with Crippen LogP contribution in [0.5, 0.6) is 0 Å². The molecular formula is C18H27ClN2O3S. The predicted octanol–water partition coefficient (Wildman–Crippen LogP) is 3.45. The summed E-state index contributed by atoms with van der Waals surface area (Å²) in [5.74, 6) is 0.655. The quantitative estimate of drug-likeness (QED) is 0.752. The lowest BCUT2D eigenvalue weighted by Gasteiger charge is -2.31. The van der Waals surface area contributed by atoms with Crippen molar-refractivity contribution in [2.75, 3.05) is 30.2 Å². The van der Waals surface area contributed by atoms with Gasteiger partial charge >= 0.3 is 0 Å². The number of piperidine rings is 1. The molecule has 1 saturated heterocycles. The van der Waals surface area contributed by atoms with E-state index >= 15 is 0 Å². The Morgan fingerprint density at radius 1 is 1.40 bits per heavy atom. The van der Waals surface area contributed by atoms with Crippen molar-refractivity contribution in [3.05, 3.63) is 28.8 Å². The number of hydrogen-bond donors (Lipinski definition) is 0. The molecule has 1 unspecified atom stereocenters. The van der Waals surface area contributed by atoms with Gasteiger partial charge in [-0.2, -0.15) is 0 Å². The average molecular weight is 387 g/mol. The van der Waals surface area contributed by atoms with Crippen molar-refractivity contribution < 1.29 is 13.2 Å². The van der Waals surface area contributed by atoms with E-state index in [1.54, 1.807) is 18.2 Å². The number of likely N-dealkylation sites (tertiary alicyclic amines) is 1. The van der Waals surface area contributed by atoms with E-state index in [-0.39, 0.29) is 12.5 Å². The van der Waals surface area contributed by atoms with Crippen LogP contribution in [0.2, 0.25) is 5.02 Å². The van der Waals surface area contributed by atoms with Crippen molar-refractivity contribution in [1.82, 2.24) is 4.90 Å². The first kappa shape index (κ1) is 20.0. The third-order valence-electron chi connectivity index (χ3n) is 4.60. The number of carbonyl (C=O) groups is 1. The number of benzene rings is 1. The maximum absolute atomic E-state index is 12.4. The van der Waals surface area contributed by atoms with E-state index in [0.717, 1.165) is 25.1 Å². The summed E-state index contributed by atoms with van der Waals surface area (Å²) >= 11 is 6.03. The summed E-state index contributed by atoms with van der Waals surface area (Å²) in [4.78, 5) is 14.3. The molecule has 5 nitrogen and oxygen atoms in total. The molecule has 0 N–H and O–H groups in total. The number of halogens is 1. The summed E-state index contributed by atoms with van der Waals surface area (Å²) in [7, 11) is -3.44. The highest BCUT2D eigenvalue weighted by atomic mass is 35.5. The van der Waals surface area contributed by atoms with Gasteiger partial charge in [-0.05, 0) is 49.8 Å². The highest BCUT2D eigenvalue weighted by Crippen LogP contribution is 2.27. The number of nitrogens with zero attached hydrogens (tertiary/aromatic N) is 2. The maximum atomic E-state index is 12.4. The molecular weight excluding hydrogens is 360 g/mol. The van der Waals surface area contributed by atoms with Gasteiger partial charge in [0.05, 0.1) is 11.9 Å². The zero-order valence-corrected chi connectivity index (χ0v) is 16.7. The Morgan fingerprint density at radius 2 is 2.12 bits per heavy atom. The van der Waals surface area contributed by atoms with Gasteiger partial charge in [-0.15, -0.1) is 0 Å². The van der Waals surface area contributed by atoms with Crippen LogP contribution in [0.1, 0.15) is 38.2 Å². The summed E-state index contributed by atoms with van der Waals surface area (Å²) in [6.45, 7) is 5.90. The zero-order chi connectivity index (χ0) is 18.6. The van der Waals surface area contributed by atoms with Crippen molar-refractivity contribution in [3.63, 3.8) is 0 Å². The van der Waals surface area contributed by atoms with Gasteiger partial charge in [0, 0.05) is 31.1 Å². The van der Waals surface area contributed by atoms with Gasteiger partial charge in [-0.3, -0.25) is 9.10 Å². The molecule has 0 aliphatic carbocycles. The van der Waals surface area contributed by atoms with Gasteiger partial charge in [0.2, 0.25) is 15.9 Å². The Morgan fingerprint density at radius 3 is 2.76 bits per heavy atom. The summed E-state index contributed by atoms with van der Waals surface area (Å²) in [6.07, 6.45) is 4.24. The molecule has 1 aromatic rings. The number of aryl methyl sites for hydroxylation is 1. The second-order valence-electron chi connectivity index (χ2n) is 6.96. The minimum Gasteiger partial charge on any atom is -0.342 e. The predicted molar refractivity (Wildman–Crippen MR) is 103 cm³/mol. The number of sulfonamides is 1. The molecule has 1 fully saturated rings. The van der Waals surface area contributed by atoms with E-state index in [9.17, 15) is 13.2 Å². The van der Waals surface area contributed by atoms with E-state index < -0.39 is 10.0 Å². The lowest BCUT2D eigenvalue weighted by Crippen LogP contribution is -2.39. The van der Waals surface area contributed by atoms with Gasteiger partial charge in [-0.25, -0.2) is 8.42 Å². The van der Waals surface area contributed by atoms with Crippen LogP contribution in [-0.4, -0.2) is 45.1 Å². The number of amides is 1. The number of hydrogen-bond acceptors (Lipinski definition) is 3. The van der Waals surface area contributed by atoms with Crippen LogP contribution in [-0.2, 0) is 14.8 Å². The summed E-state index contributed by atoms with van der Waals surface area (Å²) in [5, 5.41) is 0.493. The van der Waals surface area contributed by atoms with Crippen molar-refractivity contribution in [2.24, 2.45) is 5.92 Å². The molecule has 0 aromatic heterocycles. The molecule has 1 aliphatic rings. The third-order valence-corrected chi connectivity index (χ3v) is 6.02.